The van der Waals surface area contributed by atoms with E-state index in [1.807, 2.05) is 0 Å². The molecule has 0 fully saturated rings. The Labute approximate surface area is 115 Å². The van der Waals surface area contributed by atoms with Crippen molar-refractivity contribution in [3.63, 3.8) is 0 Å². The molecule has 0 radical (unpaired) electrons. The number of nitrogens with zero attached hydrogens (tertiary/aromatic N) is 1. The lowest BCUT2D eigenvalue weighted by Gasteiger charge is -2.15. The maximum atomic E-state index is 12.0. The van der Waals surface area contributed by atoms with Crippen molar-refractivity contribution < 1.29 is 14.6 Å². The monoisotopic (exact) mass is 274 g/mol. The van der Waals surface area contributed by atoms with Gasteiger partial charge in [0, 0.05) is 12.0 Å². The molecule has 0 unspecified atom stereocenters. The molecule has 2 aromatic rings. The Morgan fingerprint density at radius 2 is 2.30 bits per heavy atom. The summed E-state index contributed by atoms with van der Waals surface area (Å²) in [4.78, 5) is 19.2. The van der Waals surface area contributed by atoms with Crippen LogP contribution in [-0.2, 0) is 17.8 Å². The highest BCUT2D eigenvalue weighted by Crippen LogP contribution is 2.30. The van der Waals surface area contributed by atoms with Crippen molar-refractivity contribution in [1.29, 1.82) is 0 Å². The Balaban J connectivity index is 2.11. The second kappa shape index (κ2) is 4.97. The first-order chi connectivity index (χ1) is 9.69. The van der Waals surface area contributed by atoms with Gasteiger partial charge in [0.1, 0.15) is 5.82 Å². The summed E-state index contributed by atoms with van der Waals surface area (Å²) in [6, 6.07) is 4.83. The molecule has 2 heterocycles. The number of benzene rings is 1. The first kappa shape index (κ1) is 12.7. The number of hydrogen-bond donors (Lipinski definition) is 2. The van der Waals surface area contributed by atoms with E-state index in [4.69, 9.17) is 9.47 Å². The Morgan fingerprint density at radius 3 is 3.10 bits per heavy atom. The van der Waals surface area contributed by atoms with E-state index >= 15 is 0 Å². The summed E-state index contributed by atoms with van der Waals surface area (Å²) in [5.74, 6) is 0.852. The number of phenols is 1. The third-order valence-corrected chi connectivity index (χ3v) is 3.28. The molecule has 6 heteroatoms. The summed E-state index contributed by atoms with van der Waals surface area (Å²) in [6.45, 7) is 0.874. The van der Waals surface area contributed by atoms with Crippen molar-refractivity contribution in [2.75, 3.05) is 13.7 Å². The smallest absolute Gasteiger partial charge is 0.256 e. The minimum Gasteiger partial charge on any atom is -0.504 e. The Bertz CT molecular complexity index is 709. The van der Waals surface area contributed by atoms with Crippen molar-refractivity contribution in [2.45, 2.75) is 13.0 Å². The third kappa shape index (κ3) is 2.14. The molecule has 0 bridgehead atoms. The van der Waals surface area contributed by atoms with E-state index in [-0.39, 0.29) is 11.3 Å². The minimum absolute atomic E-state index is 0.0463. The Morgan fingerprint density at radius 1 is 1.45 bits per heavy atom. The fraction of sp³-hybridized carbons (Fsp3) is 0.286. The van der Waals surface area contributed by atoms with Gasteiger partial charge in [0.25, 0.3) is 5.56 Å². The third-order valence-electron chi connectivity index (χ3n) is 3.28. The van der Waals surface area contributed by atoms with Gasteiger partial charge in [-0.3, -0.25) is 4.79 Å². The second-order valence-electron chi connectivity index (χ2n) is 4.53. The normalized spacial score (nSPS) is 13.8. The zero-order valence-corrected chi connectivity index (χ0v) is 11.0. The van der Waals surface area contributed by atoms with E-state index in [0.717, 1.165) is 5.69 Å². The second-order valence-corrected chi connectivity index (χ2v) is 4.53. The number of ether oxygens (including phenoxy) is 2. The summed E-state index contributed by atoms with van der Waals surface area (Å²) in [5.41, 5.74) is 1.86. The summed E-state index contributed by atoms with van der Waals surface area (Å²) in [5, 5.41) is 9.59. The van der Waals surface area contributed by atoms with Gasteiger partial charge >= 0.3 is 0 Å². The minimum atomic E-state index is -0.184. The molecule has 1 aromatic heterocycles. The van der Waals surface area contributed by atoms with Crippen molar-refractivity contribution >= 4 is 0 Å². The molecular formula is C14H14N2O4. The van der Waals surface area contributed by atoms with E-state index in [2.05, 4.69) is 9.97 Å². The largest absolute Gasteiger partial charge is 0.504 e. The molecule has 1 aliphatic heterocycles. The summed E-state index contributed by atoms with van der Waals surface area (Å²) >= 11 is 0. The Kier molecular flexibility index (Phi) is 3.15. The van der Waals surface area contributed by atoms with Crippen LogP contribution in [0.2, 0.25) is 0 Å². The lowest BCUT2D eigenvalue weighted by atomic mass is 10.1. The number of nitrogens with one attached hydrogen (secondary N) is 1. The summed E-state index contributed by atoms with van der Waals surface area (Å²) in [6.07, 6.45) is 0.626. The maximum absolute atomic E-state index is 12.0. The lowest BCUT2D eigenvalue weighted by Crippen LogP contribution is -2.24. The summed E-state index contributed by atoms with van der Waals surface area (Å²) < 4.78 is 10.3. The van der Waals surface area contributed by atoms with Crippen LogP contribution < -0.4 is 10.3 Å². The molecule has 104 valence electrons. The van der Waals surface area contributed by atoms with Crippen molar-refractivity contribution in [3.8, 4) is 22.9 Å². The molecule has 0 aliphatic carbocycles. The molecule has 2 N–H and O–H groups in total. The lowest BCUT2D eigenvalue weighted by molar-refractivity contribution is 0.108. The number of aromatic amines is 1. The molecular weight excluding hydrogens is 260 g/mol. The van der Waals surface area contributed by atoms with Gasteiger partial charge in [-0.05, 0) is 18.2 Å². The van der Waals surface area contributed by atoms with Crippen LogP contribution in [0.4, 0.5) is 0 Å². The summed E-state index contributed by atoms with van der Waals surface area (Å²) in [7, 11) is 1.47. The highest BCUT2D eigenvalue weighted by Gasteiger charge is 2.17. The number of phenolic OH excluding ortho intramolecular Hbond substituents is 1. The van der Waals surface area contributed by atoms with Gasteiger partial charge in [0.15, 0.2) is 11.5 Å². The molecule has 0 saturated heterocycles. The van der Waals surface area contributed by atoms with Crippen molar-refractivity contribution in [2.24, 2.45) is 0 Å². The van der Waals surface area contributed by atoms with Gasteiger partial charge in [-0.15, -0.1) is 0 Å². The van der Waals surface area contributed by atoms with Gasteiger partial charge < -0.3 is 19.6 Å². The number of methoxy groups -OCH3 is 1. The zero-order valence-electron chi connectivity index (χ0n) is 11.0. The van der Waals surface area contributed by atoms with Gasteiger partial charge in [-0.1, -0.05) is 0 Å². The highest BCUT2D eigenvalue weighted by atomic mass is 16.5. The predicted molar refractivity (Wildman–Crippen MR) is 71.9 cm³/mol. The molecule has 0 atom stereocenters. The Hall–Kier alpha value is -2.34. The highest BCUT2D eigenvalue weighted by molar-refractivity contribution is 5.61. The van der Waals surface area contributed by atoms with Gasteiger partial charge in [-0.25, -0.2) is 4.98 Å². The average Bonchev–Trinajstić information content (AvgIpc) is 2.47. The van der Waals surface area contributed by atoms with Gasteiger partial charge in [0.05, 0.1) is 31.6 Å². The zero-order chi connectivity index (χ0) is 14.1. The quantitative estimate of drug-likeness (QED) is 0.860. The molecule has 6 nitrogen and oxygen atoms in total. The number of rotatable bonds is 2. The van der Waals surface area contributed by atoms with Crippen LogP contribution in [0, 0.1) is 0 Å². The van der Waals surface area contributed by atoms with Crippen LogP contribution in [0.1, 0.15) is 11.3 Å². The molecule has 0 amide bonds. The molecule has 1 aliphatic rings. The number of fused-ring (bicyclic) bond motifs is 1. The molecule has 0 saturated carbocycles. The van der Waals surface area contributed by atoms with Crippen molar-refractivity contribution in [3.05, 3.63) is 39.8 Å². The van der Waals surface area contributed by atoms with Crippen LogP contribution in [-0.4, -0.2) is 28.8 Å². The van der Waals surface area contributed by atoms with Gasteiger partial charge in [-0.2, -0.15) is 0 Å². The van der Waals surface area contributed by atoms with E-state index in [1.54, 1.807) is 12.1 Å². The fourth-order valence-corrected chi connectivity index (χ4v) is 2.20. The van der Waals surface area contributed by atoms with E-state index in [9.17, 15) is 9.90 Å². The first-order valence-corrected chi connectivity index (χ1v) is 6.26. The van der Waals surface area contributed by atoms with Crippen LogP contribution in [0.15, 0.2) is 23.0 Å². The fourth-order valence-electron chi connectivity index (χ4n) is 2.20. The van der Waals surface area contributed by atoms with Crippen molar-refractivity contribution in [1.82, 2.24) is 9.97 Å². The molecule has 3 rings (SSSR count). The maximum Gasteiger partial charge on any atom is 0.256 e. The van der Waals surface area contributed by atoms with Crippen LogP contribution >= 0.6 is 0 Å². The molecule has 1 aromatic carbocycles. The SMILES string of the molecule is COc1cc(-c2nc3c(c(=O)[nH]2)COCC3)ccc1O. The first-order valence-electron chi connectivity index (χ1n) is 6.26. The van der Waals surface area contributed by atoms with Gasteiger partial charge in [0.2, 0.25) is 0 Å². The number of hydrogen-bond acceptors (Lipinski definition) is 5. The number of aromatic hydroxyl groups is 1. The average molecular weight is 274 g/mol. The van der Waals surface area contributed by atoms with Crippen LogP contribution in [0.5, 0.6) is 11.5 Å². The standard InChI is InChI=1S/C14H14N2O4/c1-19-12-6-8(2-3-11(12)17)13-15-10-4-5-20-7-9(10)14(18)16-13/h2-3,6,17H,4-5,7H2,1H3,(H,15,16,18). The predicted octanol–water partition coefficient (Wildman–Crippen LogP) is 1.22. The molecule has 20 heavy (non-hydrogen) atoms. The topological polar surface area (TPSA) is 84.4 Å². The van der Waals surface area contributed by atoms with Crippen LogP contribution in [0.3, 0.4) is 0 Å². The number of H-pyrrole nitrogens is 1. The molecule has 0 spiro atoms. The van der Waals surface area contributed by atoms with Crippen LogP contribution in [0.25, 0.3) is 11.4 Å². The van der Waals surface area contributed by atoms with E-state index in [1.165, 1.54) is 13.2 Å². The van der Waals surface area contributed by atoms with E-state index < -0.39 is 0 Å². The van der Waals surface area contributed by atoms with E-state index in [0.29, 0.717) is 42.3 Å². The number of aromatic nitrogens is 2.